The molecular formula is C56H72N2O+2. The standard InChI is InChI=1S/C56H72N2O/c1-8-11-12-13-14-15-16-17-18-23-41-59-56-44(35-37-50-48(25-9-2)54-46-31-21-19-27-42(46)33-39-52(54)57(50,4)5)29-24-30-45(56)36-38-51-49(26-10-3)55-47-32-22-20-28-43(47)34-40-53(55)58(51,6)7/h9-10,19-22,27-28,31-40,48-50H,2-3,8,11-18,23-26,29-30,41H2,1,4-7H3/q+2. The van der Waals surface area contributed by atoms with Gasteiger partial charge in [0.1, 0.15) is 28.9 Å². The van der Waals surface area contributed by atoms with Crippen molar-refractivity contribution in [2.24, 2.45) is 0 Å². The van der Waals surface area contributed by atoms with Crippen LogP contribution in [0.5, 0.6) is 0 Å². The third kappa shape index (κ3) is 8.89. The summed E-state index contributed by atoms with van der Waals surface area (Å²) in [4.78, 5) is 0. The van der Waals surface area contributed by atoms with Crippen molar-refractivity contribution in [2.45, 2.75) is 121 Å². The van der Waals surface area contributed by atoms with E-state index in [1.54, 1.807) is 0 Å². The number of nitrogens with zero attached hydrogens (tertiary/aromatic N) is 2. The summed E-state index contributed by atoms with van der Waals surface area (Å²) in [6, 6.07) is 27.4. The number of benzene rings is 4. The molecule has 0 bridgehead atoms. The third-order valence-corrected chi connectivity index (χ3v) is 14.0. The van der Waals surface area contributed by atoms with E-state index in [2.05, 4.69) is 158 Å². The molecule has 3 unspecified atom stereocenters. The first-order valence-corrected chi connectivity index (χ1v) is 23.1. The maximum Gasteiger partial charge on any atom is 0.141 e. The summed E-state index contributed by atoms with van der Waals surface area (Å²) in [5.41, 5.74) is 9.87. The normalized spacial score (nSPS) is 22.2. The van der Waals surface area contributed by atoms with E-state index in [1.165, 1.54) is 119 Å². The van der Waals surface area contributed by atoms with Crippen molar-refractivity contribution in [3.63, 3.8) is 0 Å². The van der Waals surface area contributed by atoms with Gasteiger partial charge in [0.15, 0.2) is 0 Å². The summed E-state index contributed by atoms with van der Waals surface area (Å²) >= 11 is 0. The predicted octanol–water partition coefficient (Wildman–Crippen LogP) is 15.3. The average Bonchev–Trinajstić information content (AvgIpc) is 3.59. The fourth-order valence-electron chi connectivity index (χ4n) is 10.8. The largest absolute Gasteiger partial charge is 0.493 e. The van der Waals surface area contributed by atoms with Gasteiger partial charge in [-0.15, -0.1) is 13.2 Å². The van der Waals surface area contributed by atoms with E-state index in [0.29, 0.717) is 12.0 Å². The molecule has 3 heteroatoms. The zero-order valence-electron chi connectivity index (χ0n) is 37.2. The molecule has 0 spiro atoms. The van der Waals surface area contributed by atoms with Gasteiger partial charge in [0.05, 0.1) is 46.6 Å². The van der Waals surface area contributed by atoms with Crippen LogP contribution in [-0.4, -0.2) is 40.8 Å². The number of unbranched alkanes of at least 4 members (excludes halogenated alkanes) is 9. The summed E-state index contributed by atoms with van der Waals surface area (Å²) < 4.78 is 8.58. The molecule has 59 heavy (non-hydrogen) atoms. The molecule has 0 radical (unpaired) electrons. The van der Waals surface area contributed by atoms with Crippen molar-refractivity contribution < 1.29 is 4.74 Å². The van der Waals surface area contributed by atoms with Gasteiger partial charge in [-0.25, -0.2) is 0 Å². The lowest BCUT2D eigenvalue weighted by Crippen LogP contribution is -2.47. The van der Waals surface area contributed by atoms with Crippen LogP contribution in [0.25, 0.3) is 21.5 Å². The molecule has 1 aliphatic carbocycles. The number of rotatable bonds is 19. The molecule has 2 heterocycles. The SMILES string of the molecule is C=CCC1C(=CC=C2CCCC(C=CC3C(CC=C)c4c(ccc5ccccc45)[N+]3(C)C)=C2OCCCCCCCCCCCC)[N+](C)(C)c2ccc3ccccc3c21. The van der Waals surface area contributed by atoms with Crippen LogP contribution in [0, 0.1) is 0 Å². The Labute approximate surface area is 357 Å². The number of ether oxygens (including phenoxy) is 1. The molecule has 3 atom stereocenters. The minimum absolute atomic E-state index is 0.283. The monoisotopic (exact) mass is 789 g/mol. The van der Waals surface area contributed by atoms with Gasteiger partial charge >= 0.3 is 0 Å². The molecule has 0 aromatic heterocycles. The molecule has 0 N–H and O–H groups in total. The Morgan fingerprint density at radius 2 is 1.27 bits per heavy atom. The van der Waals surface area contributed by atoms with Crippen LogP contribution >= 0.6 is 0 Å². The topological polar surface area (TPSA) is 9.23 Å². The van der Waals surface area contributed by atoms with E-state index in [9.17, 15) is 0 Å². The van der Waals surface area contributed by atoms with Crippen LogP contribution in [0.3, 0.4) is 0 Å². The molecule has 310 valence electrons. The summed E-state index contributed by atoms with van der Waals surface area (Å²) in [6.07, 6.45) is 32.4. The fraction of sp³-hybridized carbons (Fsp3) is 0.429. The van der Waals surface area contributed by atoms with Crippen molar-refractivity contribution in [1.29, 1.82) is 0 Å². The van der Waals surface area contributed by atoms with Crippen LogP contribution in [-0.2, 0) is 4.74 Å². The molecule has 0 fully saturated rings. The Kier molecular flexibility index (Phi) is 14.0. The second-order valence-electron chi connectivity index (χ2n) is 18.5. The van der Waals surface area contributed by atoms with E-state index >= 15 is 0 Å². The van der Waals surface area contributed by atoms with Gasteiger partial charge in [-0.3, -0.25) is 8.97 Å². The number of hydrogen-bond donors (Lipinski definition) is 0. The zero-order valence-corrected chi connectivity index (χ0v) is 37.2. The fourth-order valence-corrected chi connectivity index (χ4v) is 10.8. The Hall–Kier alpha value is -4.44. The maximum atomic E-state index is 6.99. The van der Waals surface area contributed by atoms with Gasteiger partial charge in [-0.2, -0.15) is 0 Å². The predicted molar refractivity (Wildman–Crippen MR) is 258 cm³/mol. The lowest BCUT2D eigenvalue weighted by molar-refractivity contribution is 0.204. The lowest BCUT2D eigenvalue weighted by Gasteiger charge is -2.32. The smallest absolute Gasteiger partial charge is 0.141 e. The highest BCUT2D eigenvalue weighted by Crippen LogP contribution is 2.52. The van der Waals surface area contributed by atoms with Gasteiger partial charge in [-0.05, 0) is 102 Å². The van der Waals surface area contributed by atoms with Crippen LogP contribution in [0.1, 0.15) is 126 Å². The van der Waals surface area contributed by atoms with Crippen LogP contribution in [0.2, 0.25) is 0 Å². The minimum atomic E-state index is 0.283. The van der Waals surface area contributed by atoms with Crippen molar-refractivity contribution >= 4 is 32.9 Å². The molecule has 4 aromatic rings. The molecule has 4 aromatic carbocycles. The number of quaternary nitrogens is 2. The van der Waals surface area contributed by atoms with Crippen molar-refractivity contribution in [1.82, 2.24) is 8.97 Å². The number of likely N-dealkylation sites (N-methyl/N-ethyl adjacent to an activating group) is 2. The summed E-state index contributed by atoms with van der Waals surface area (Å²) in [6.45, 7) is 11.5. The van der Waals surface area contributed by atoms with Crippen molar-refractivity contribution in [3.8, 4) is 0 Å². The number of hydrogen-bond acceptors (Lipinski definition) is 1. The second kappa shape index (κ2) is 19.3. The van der Waals surface area contributed by atoms with Crippen LogP contribution in [0.15, 0.2) is 145 Å². The average molecular weight is 789 g/mol. The van der Waals surface area contributed by atoms with Gasteiger partial charge in [0.2, 0.25) is 0 Å². The van der Waals surface area contributed by atoms with Crippen molar-refractivity contribution in [3.05, 3.63) is 156 Å². The first-order chi connectivity index (χ1) is 28.7. The van der Waals surface area contributed by atoms with E-state index in [-0.39, 0.29) is 5.92 Å². The highest BCUT2D eigenvalue weighted by atomic mass is 16.5. The first-order valence-electron chi connectivity index (χ1n) is 23.1. The zero-order chi connectivity index (χ0) is 41.4. The van der Waals surface area contributed by atoms with E-state index in [4.69, 9.17) is 4.74 Å². The Bertz CT molecular complexity index is 2240. The second-order valence-corrected chi connectivity index (χ2v) is 18.5. The number of allylic oxidation sites excluding steroid dienone is 8. The molecule has 3 nitrogen and oxygen atoms in total. The molecule has 2 aliphatic heterocycles. The molecular weight excluding hydrogens is 717 g/mol. The summed E-state index contributed by atoms with van der Waals surface area (Å²) in [5.74, 6) is 1.77. The Balaban J connectivity index is 1.20. The van der Waals surface area contributed by atoms with Crippen LogP contribution < -0.4 is 8.97 Å². The highest BCUT2D eigenvalue weighted by Gasteiger charge is 2.47. The number of fused-ring (bicyclic) bond motifs is 6. The van der Waals surface area contributed by atoms with Gasteiger partial charge < -0.3 is 4.74 Å². The lowest BCUT2D eigenvalue weighted by atomic mass is 9.86. The molecule has 3 aliphatic rings. The summed E-state index contributed by atoms with van der Waals surface area (Å²) in [5, 5.41) is 5.38. The molecule has 7 rings (SSSR count). The quantitative estimate of drug-likeness (QED) is 0.0522. The van der Waals surface area contributed by atoms with E-state index in [1.807, 2.05) is 0 Å². The molecule has 0 amide bonds. The third-order valence-electron chi connectivity index (χ3n) is 14.0. The van der Waals surface area contributed by atoms with E-state index in [0.717, 1.165) is 59.9 Å². The summed E-state index contributed by atoms with van der Waals surface area (Å²) in [7, 11) is 9.50. The van der Waals surface area contributed by atoms with Gasteiger partial charge in [-0.1, -0.05) is 131 Å². The van der Waals surface area contributed by atoms with Crippen molar-refractivity contribution in [2.75, 3.05) is 34.8 Å². The molecule has 0 saturated heterocycles. The first kappa shape index (κ1) is 42.7. The van der Waals surface area contributed by atoms with Crippen LogP contribution in [0.4, 0.5) is 11.4 Å². The van der Waals surface area contributed by atoms with Gasteiger partial charge in [0, 0.05) is 23.3 Å². The Morgan fingerprint density at radius 3 is 1.93 bits per heavy atom. The van der Waals surface area contributed by atoms with Gasteiger partial charge in [0.25, 0.3) is 0 Å². The Morgan fingerprint density at radius 1 is 0.661 bits per heavy atom. The maximum absolute atomic E-state index is 6.99. The highest BCUT2D eigenvalue weighted by molar-refractivity contribution is 5.93. The van der Waals surface area contributed by atoms with E-state index < -0.39 is 0 Å². The minimum Gasteiger partial charge on any atom is -0.493 e. The molecule has 0 saturated carbocycles.